The van der Waals surface area contributed by atoms with Gasteiger partial charge in [0.25, 0.3) is 0 Å². The Bertz CT molecular complexity index is 193. The highest BCUT2D eigenvalue weighted by Gasteiger charge is 2.18. The minimum absolute atomic E-state index is 0.394. The average molecular weight is 227 g/mol. The van der Waals surface area contributed by atoms with Crippen molar-refractivity contribution in [3.63, 3.8) is 0 Å². The molecular weight excluding hydrogens is 202 g/mol. The van der Waals surface area contributed by atoms with Gasteiger partial charge >= 0.3 is 0 Å². The normalized spacial score (nSPS) is 30.9. The Morgan fingerprint density at radius 3 is 3.06 bits per heavy atom. The molecule has 0 aromatic rings. The van der Waals surface area contributed by atoms with Gasteiger partial charge in [0.1, 0.15) is 0 Å². The molecule has 0 aromatic carbocycles. The predicted octanol–water partition coefficient (Wildman–Crippen LogP) is 0.00240. The molecule has 0 aromatic heterocycles. The fourth-order valence-corrected chi connectivity index (χ4v) is 2.46. The summed E-state index contributed by atoms with van der Waals surface area (Å²) in [6.07, 6.45) is 2.83. The number of hydrogen-bond donors (Lipinski definition) is 1. The van der Waals surface area contributed by atoms with Gasteiger partial charge in [-0.1, -0.05) is 0 Å². The third-order valence-electron chi connectivity index (χ3n) is 3.50. The number of hydrogen-bond acceptors (Lipinski definition) is 4. The number of ether oxygens (including phenoxy) is 1. The molecule has 0 saturated carbocycles. The van der Waals surface area contributed by atoms with Crippen LogP contribution in [0.4, 0.5) is 0 Å². The first-order chi connectivity index (χ1) is 7.84. The smallest absolute Gasteiger partial charge is 0.0826 e. The molecule has 2 heterocycles. The molecule has 1 atom stereocenters. The first kappa shape index (κ1) is 12.3. The quantitative estimate of drug-likeness (QED) is 0.719. The highest BCUT2D eigenvalue weighted by molar-refractivity contribution is 4.74. The Hall–Kier alpha value is -0.160. The molecule has 1 N–H and O–H groups in total. The topological polar surface area (TPSA) is 27.7 Å². The number of likely N-dealkylation sites (N-methyl/N-ethyl adjacent to an activating group) is 1. The molecule has 2 aliphatic heterocycles. The van der Waals surface area contributed by atoms with Crippen molar-refractivity contribution >= 4 is 0 Å². The van der Waals surface area contributed by atoms with Gasteiger partial charge in [-0.3, -0.25) is 4.90 Å². The second kappa shape index (κ2) is 6.55. The van der Waals surface area contributed by atoms with Crippen molar-refractivity contribution in [3.8, 4) is 0 Å². The van der Waals surface area contributed by atoms with Crippen LogP contribution >= 0.6 is 0 Å². The van der Waals surface area contributed by atoms with Crippen molar-refractivity contribution in [2.45, 2.75) is 18.9 Å². The monoisotopic (exact) mass is 227 g/mol. The Kier molecular flexibility index (Phi) is 5.03. The third kappa shape index (κ3) is 4.01. The number of rotatable bonds is 2. The van der Waals surface area contributed by atoms with E-state index in [-0.39, 0.29) is 0 Å². The van der Waals surface area contributed by atoms with Crippen LogP contribution in [-0.4, -0.2) is 75.4 Å². The van der Waals surface area contributed by atoms with Gasteiger partial charge in [-0.05, 0) is 39.5 Å². The Morgan fingerprint density at radius 2 is 2.12 bits per heavy atom. The van der Waals surface area contributed by atoms with Crippen LogP contribution in [0.5, 0.6) is 0 Å². The van der Waals surface area contributed by atoms with Crippen LogP contribution in [0.3, 0.4) is 0 Å². The van der Waals surface area contributed by atoms with Crippen molar-refractivity contribution < 1.29 is 4.74 Å². The van der Waals surface area contributed by atoms with Crippen molar-refractivity contribution in [2.24, 2.45) is 0 Å². The Morgan fingerprint density at radius 1 is 1.19 bits per heavy atom. The lowest BCUT2D eigenvalue weighted by molar-refractivity contribution is 0.0389. The molecule has 2 saturated heterocycles. The largest absolute Gasteiger partial charge is 0.376 e. The van der Waals surface area contributed by atoms with E-state index in [1.54, 1.807) is 0 Å². The summed E-state index contributed by atoms with van der Waals surface area (Å²) >= 11 is 0. The molecule has 0 amide bonds. The molecule has 1 unspecified atom stereocenters. The van der Waals surface area contributed by atoms with Gasteiger partial charge in [-0.15, -0.1) is 0 Å². The van der Waals surface area contributed by atoms with Crippen LogP contribution in [0.2, 0.25) is 0 Å². The molecule has 0 radical (unpaired) electrons. The van der Waals surface area contributed by atoms with Crippen LogP contribution in [0, 0.1) is 0 Å². The number of nitrogens with one attached hydrogen (secondary N) is 1. The molecule has 2 rings (SSSR count). The van der Waals surface area contributed by atoms with Gasteiger partial charge in [-0.25, -0.2) is 0 Å². The first-order valence-corrected chi connectivity index (χ1v) is 6.58. The van der Waals surface area contributed by atoms with Crippen molar-refractivity contribution in [1.82, 2.24) is 15.1 Å². The lowest BCUT2D eigenvalue weighted by atomic mass is 10.3. The van der Waals surface area contributed by atoms with Crippen molar-refractivity contribution in [1.29, 1.82) is 0 Å². The third-order valence-corrected chi connectivity index (χ3v) is 3.50. The molecule has 0 aliphatic carbocycles. The maximum atomic E-state index is 5.86. The van der Waals surface area contributed by atoms with Crippen LogP contribution in [0.1, 0.15) is 12.8 Å². The highest BCUT2D eigenvalue weighted by atomic mass is 16.5. The Labute approximate surface area is 98.9 Å². The minimum Gasteiger partial charge on any atom is -0.376 e. The zero-order valence-electron chi connectivity index (χ0n) is 10.5. The summed E-state index contributed by atoms with van der Waals surface area (Å²) in [5, 5.41) is 3.45. The summed E-state index contributed by atoms with van der Waals surface area (Å²) < 4.78 is 5.86. The van der Waals surface area contributed by atoms with Crippen LogP contribution < -0.4 is 5.32 Å². The molecular formula is C12H25N3O. The first-order valence-electron chi connectivity index (χ1n) is 6.58. The van der Waals surface area contributed by atoms with E-state index in [0.717, 1.165) is 32.7 Å². The van der Waals surface area contributed by atoms with Gasteiger partial charge in [0, 0.05) is 32.8 Å². The van der Waals surface area contributed by atoms with Crippen molar-refractivity contribution in [2.75, 3.05) is 59.5 Å². The molecule has 0 spiro atoms. The van der Waals surface area contributed by atoms with Gasteiger partial charge in [0.2, 0.25) is 0 Å². The lowest BCUT2D eigenvalue weighted by Gasteiger charge is -2.25. The molecule has 4 heteroatoms. The molecule has 0 bridgehead atoms. The zero-order chi connectivity index (χ0) is 11.2. The number of nitrogens with zero attached hydrogens (tertiary/aromatic N) is 2. The van der Waals surface area contributed by atoms with Crippen LogP contribution in [0.15, 0.2) is 0 Å². The van der Waals surface area contributed by atoms with Gasteiger partial charge in [0.05, 0.1) is 6.10 Å². The summed E-state index contributed by atoms with van der Waals surface area (Å²) in [5.41, 5.74) is 0. The summed E-state index contributed by atoms with van der Waals surface area (Å²) in [6, 6.07) is 0. The molecule has 16 heavy (non-hydrogen) atoms. The fraction of sp³-hybridized carbons (Fsp3) is 1.00. The van der Waals surface area contributed by atoms with Gasteiger partial charge in [-0.2, -0.15) is 0 Å². The van der Waals surface area contributed by atoms with E-state index in [9.17, 15) is 0 Å². The molecule has 2 fully saturated rings. The second-order valence-corrected chi connectivity index (χ2v) is 5.01. The van der Waals surface area contributed by atoms with E-state index >= 15 is 0 Å². The van der Waals surface area contributed by atoms with Gasteiger partial charge in [0.15, 0.2) is 0 Å². The van der Waals surface area contributed by atoms with E-state index in [4.69, 9.17) is 4.74 Å². The summed E-state index contributed by atoms with van der Waals surface area (Å²) in [7, 11) is 2.22. The van der Waals surface area contributed by atoms with E-state index in [1.165, 1.54) is 32.6 Å². The Balaban J connectivity index is 1.74. The van der Waals surface area contributed by atoms with E-state index in [0.29, 0.717) is 6.10 Å². The summed E-state index contributed by atoms with van der Waals surface area (Å²) in [5.74, 6) is 0. The lowest BCUT2D eigenvalue weighted by Crippen LogP contribution is -2.40. The van der Waals surface area contributed by atoms with E-state index in [1.807, 2.05) is 0 Å². The van der Waals surface area contributed by atoms with Gasteiger partial charge < -0.3 is 15.0 Å². The van der Waals surface area contributed by atoms with Crippen molar-refractivity contribution in [3.05, 3.63) is 0 Å². The molecule has 94 valence electrons. The van der Waals surface area contributed by atoms with Crippen LogP contribution in [-0.2, 0) is 4.74 Å². The molecule has 2 aliphatic rings. The second-order valence-electron chi connectivity index (χ2n) is 5.01. The minimum atomic E-state index is 0.394. The van der Waals surface area contributed by atoms with Crippen LogP contribution in [0.25, 0.3) is 0 Å². The predicted molar refractivity (Wildman–Crippen MR) is 65.8 cm³/mol. The maximum absolute atomic E-state index is 5.86. The fourth-order valence-electron chi connectivity index (χ4n) is 2.46. The maximum Gasteiger partial charge on any atom is 0.0826 e. The standard InChI is InChI=1S/C12H25N3O/c1-14-5-3-6-15(8-7-14)11-12-10-13-4-2-9-16-12/h12-13H,2-11H2,1H3. The van der Waals surface area contributed by atoms with E-state index < -0.39 is 0 Å². The average Bonchev–Trinajstić information content (AvgIpc) is 2.63. The molecule has 4 nitrogen and oxygen atoms in total. The summed E-state index contributed by atoms with van der Waals surface area (Å²) in [4.78, 5) is 4.98. The van der Waals surface area contributed by atoms with E-state index in [2.05, 4.69) is 22.2 Å². The highest BCUT2D eigenvalue weighted by Crippen LogP contribution is 2.05. The summed E-state index contributed by atoms with van der Waals surface area (Å²) in [6.45, 7) is 9.00. The zero-order valence-corrected chi connectivity index (χ0v) is 10.5. The SMILES string of the molecule is CN1CCCN(CC2CNCCCO2)CC1.